The maximum absolute atomic E-state index is 12.1. The molecule has 0 aromatic rings. The van der Waals surface area contributed by atoms with E-state index in [1.54, 1.807) is 6.08 Å². The highest BCUT2D eigenvalue weighted by molar-refractivity contribution is 5.82. The third kappa shape index (κ3) is 1.89. The lowest BCUT2D eigenvalue weighted by molar-refractivity contribution is -0.212. The molecule has 4 nitrogen and oxygen atoms in total. The summed E-state index contributed by atoms with van der Waals surface area (Å²) in [4.78, 5) is 22.0. The molecule has 0 aliphatic heterocycles. The predicted octanol–water partition coefficient (Wildman–Crippen LogP) is 0.912. The van der Waals surface area contributed by atoms with E-state index < -0.39 is 29.6 Å². The summed E-state index contributed by atoms with van der Waals surface area (Å²) >= 11 is 0. The van der Waals surface area contributed by atoms with Crippen LogP contribution in [0.1, 0.15) is 12.8 Å². The topological polar surface area (TPSA) is 69.4 Å². The normalized spacial score (nSPS) is 35.0. The molecular weight excluding hydrogens is 239 g/mol. The van der Waals surface area contributed by atoms with Crippen LogP contribution in [0.15, 0.2) is 12.2 Å². The van der Waals surface area contributed by atoms with Gasteiger partial charge in [-0.15, -0.1) is 0 Å². The van der Waals surface area contributed by atoms with Crippen LogP contribution in [0.4, 0.5) is 13.2 Å². The van der Waals surface area contributed by atoms with Gasteiger partial charge in [-0.2, -0.15) is 13.2 Å². The molecule has 17 heavy (non-hydrogen) atoms. The zero-order chi connectivity index (χ0) is 12.8. The molecule has 0 spiro atoms. The fourth-order valence-electron chi connectivity index (χ4n) is 2.50. The van der Waals surface area contributed by atoms with E-state index in [9.17, 15) is 22.8 Å². The smallest absolute Gasteiger partial charge is 0.447 e. The fraction of sp³-hybridized carbons (Fsp3) is 0.600. The first-order chi connectivity index (χ1) is 7.74. The summed E-state index contributed by atoms with van der Waals surface area (Å²) in [6.45, 7) is 0. The number of carbonyl (C=O) groups excluding carboxylic acids is 2. The van der Waals surface area contributed by atoms with Crippen molar-refractivity contribution in [1.29, 1.82) is 0 Å². The van der Waals surface area contributed by atoms with Crippen molar-refractivity contribution in [2.45, 2.75) is 24.6 Å². The molecule has 1 fully saturated rings. The molecular formula is C10H10F3NO3. The molecule has 0 aromatic heterocycles. The molecule has 0 aromatic carbocycles. The van der Waals surface area contributed by atoms with Gasteiger partial charge >= 0.3 is 12.1 Å². The Morgan fingerprint density at radius 3 is 2.53 bits per heavy atom. The van der Waals surface area contributed by atoms with Crippen molar-refractivity contribution in [1.82, 2.24) is 0 Å². The average Bonchev–Trinajstić information content (AvgIpc) is 2.72. The number of allylic oxidation sites excluding steroid dienone is 1. The molecule has 1 amide bonds. The van der Waals surface area contributed by atoms with Crippen molar-refractivity contribution >= 4 is 11.9 Å². The quantitative estimate of drug-likeness (QED) is 0.584. The Balaban J connectivity index is 2.21. The number of primary amides is 1. The summed E-state index contributed by atoms with van der Waals surface area (Å²) in [7, 11) is 0. The minimum absolute atomic E-state index is 0.0477. The molecule has 2 bridgehead atoms. The summed E-state index contributed by atoms with van der Waals surface area (Å²) < 4.78 is 40.9. The van der Waals surface area contributed by atoms with E-state index in [0.717, 1.165) is 0 Å². The number of ether oxygens (including phenoxy) is 1. The summed E-state index contributed by atoms with van der Waals surface area (Å²) in [6.07, 6.45) is -1.53. The lowest BCUT2D eigenvalue weighted by Crippen LogP contribution is -2.45. The second-order valence-electron chi connectivity index (χ2n) is 4.36. The first-order valence-electron chi connectivity index (χ1n) is 5.03. The van der Waals surface area contributed by atoms with Crippen LogP contribution in [0.2, 0.25) is 0 Å². The van der Waals surface area contributed by atoms with Gasteiger partial charge in [-0.05, 0) is 24.8 Å². The SMILES string of the molecule is NC(=O)C1CC2C=CC1(OC(=O)C(F)(F)F)C2. The highest BCUT2D eigenvalue weighted by Gasteiger charge is 2.57. The van der Waals surface area contributed by atoms with E-state index in [0.29, 0.717) is 6.42 Å². The van der Waals surface area contributed by atoms with Crippen molar-refractivity contribution in [3.63, 3.8) is 0 Å². The molecule has 1 saturated carbocycles. The standard InChI is InChI=1S/C10H10F3NO3/c11-10(12,13)8(16)17-9-2-1-5(4-9)3-6(9)7(14)15/h1-2,5-6H,3-4H2,(H2,14,15). The first kappa shape index (κ1) is 11.9. The summed E-state index contributed by atoms with van der Waals surface area (Å²) in [5.74, 6) is -3.94. The number of nitrogens with two attached hydrogens (primary N) is 1. The van der Waals surface area contributed by atoms with Crippen molar-refractivity contribution < 1.29 is 27.5 Å². The lowest BCUT2D eigenvalue weighted by Gasteiger charge is -2.30. The van der Waals surface area contributed by atoms with Gasteiger partial charge in [0.05, 0.1) is 5.92 Å². The minimum Gasteiger partial charge on any atom is -0.447 e. The monoisotopic (exact) mass is 249 g/mol. The van der Waals surface area contributed by atoms with Gasteiger partial charge in [-0.3, -0.25) is 4.79 Å². The van der Waals surface area contributed by atoms with Crippen molar-refractivity contribution in [3.8, 4) is 0 Å². The van der Waals surface area contributed by atoms with Crippen molar-refractivity contribution in [2.75, 3.05) is 0 Å². The van der Waals surface area contributed by atoms with Crippen LogP contribution >= 0.6 is 0 Å². The first-order valence-corrected chi connectivity index (χ1v) is 5.03. The third-order valence-electron chi connectivity index (χ3n) is 3.22. The van der Waals surface area contributed by atoms with Gasteiger partial charge in [-0.1, -0.05) is 6.08 Å². The molecule has 2 aliphatic carbocycles. The Labute approximate surface area is 94.6 Å². The summed E-state index contributed by atoms with van der Waals surface area (Å²) in [5, 5.41) is 0. The predicted molar refractivity (Wildman–Crippen MR) is 49.4 cm³/mol. The van der Waals surface area contributed by atoms with Crippen LogP contribution in [0.25, 0.3) is 0 Å². The summed E-state index contributed by atoms with van der Waals surface area (Å²) in [6, 6.07) is 0. The molecule has 0 saturated heterocycles. The number of hydrogen-bond acceptors (Lipinski definition) is 3. The number of carbonyl (C=O) groups is 2. The highest BCUT2D eigenvalue weighted by Crippen LogP contribution is 2.49. The Kier molecular flexibility index (Phi) is 2.44. The van der Waals surface area contributed by atoms with E-state index >= 15 is 0 Å². The zero-order valence-corrected chi connectivity index (χ0v) is 8.66. The van der Waals surface area contributed by atoms with Gasteiger partial charge < -0.3 is 10.5 Å². The average molecular weight is 249 g/mol. The number of amides is 1. The molecule has 7 heteroatoms. The molecule has 3 unspecified atom stereocenters. The van der Waals surface area contributed by atoms with E-state index in [2.05, 4.69) is 4.74 Å². The molecule has 2 rings (SSSR count). The van der Waals surface area contributed by atoms with E-state index in [1.165, 1.54) is 6.08 Å². The largest absolute Gasteiger partial charge is 0.490 e. The molecule has 2 N–H and O–H groups in total. The van der Waals surface area contributed by atoms with E-state index in [4.69, 9.17) is 5.73 Å². The Morgan fingerprint density at radius 2 is 2.06 bits per heavy atom. The fourth-order valence-corrected chi connectivity index (χ4v) is 2.50. The molecule has 0 radical (unpaired) electrons. The maximum Gasteiger partial charge on any atom is 0.490 e. The second kappa shape index (κ2) is 3.48. The number of rotatable bonds is 2. The zero-order valence-electron chi connectivity index (χ0n) is 8.66. The van der Waals surface area contributed by atoms with Crippen LogP contribution < -0.4 is 5.73 Å². The molecule has 2 aliphatic rings. The molecule has 94 valence electrons. The van der Waals surface area contributed by atoms with Crippen LogP contribution in [0, 0.1) is 11.8 Å². The number of halogens is 3. The van der Waals surface area contributed by atoms with Crippen LogP contribution in [-0.4, -0.2) is 23.7 Å². The van der Waals surface area contributed by atoms with Crippen molar-refractivity contribution in [2.24, 2.45) is 17.6 Å². The van der Waals surface area contributed by atoms with Gasteiger partial charge in [0, 0.05) is 0 Å². The third-order valence-corrected chi connectivity index (χ3v) is 3.22. The van der Waals surface area contributed by atoms with Gasteiger partial charge in [0.25, 0.3) is 0 Å². The Hall–Kier alpha value is -1.53. The number of fused-ring (bicyclic) bond motifs is 2. The van der Waals surface area contributed by atoms with Crippen LogP contribution in [-0.2, 0) is 14.3 Å². The second-order valence-corrected chi connectivity index (χ2v) is 4.36. The Bertz CT molecular complexity index is 404. The van der Waals surface area contributed by atoms with Crippen molar-refractivity contribution in [3.05, 3.63) is 12.2 Å². The number of esters is 1. The number of alkyl halides is 3. The minimum atomic E-state index is -5.06. The van der Waals surface area contributed by atoms with Gasteiger partial charge in [0.1, 0.15) is 5.60 Å². The van der Waals surface area contributed by atoms with E-state index in [1.807, 2.05) is 0 Å². The van der Waals surface area contributed by atoms with Gasteiger partial charge in [0.15, 0.2) is 0 Å². The maximum atomic E-state index is 12.1. The Morgan fingerprint density at radius 1 is 1.41 bits per heavy atom. The molecule has 0 heterocycles. The molecule has 3 atom stereocenters. The van der Waals surface area contributed by atoms with Crippen LogP contribution in [0.3, 0.4) is 0 Å². The van der Waals surface area contributed by atoms with Crippen LogP contribution in [0.5, 0.6) is 0 Å². The van der Waals surface area contributed by atoms with Gasteiger partial charge in [-0.25, -0.2) is 4.79 Å². The highest BCUT2D eigenvalue weighted by atomic mass is 19.4. The summed E-state index contributed by atoms with van der Waals surface area (Å²) in [5.41, 5.74) is 3.61. The van der Waals surface area contributed by atoms with E-state index in [-0.39, 0.29) is 12.3 Å². The van der Waals surface area contributed by atoms with Gasteiger partial charge in [0.2, 0.25) is 5.91 Å². The lowest BCUT2D eigenvalue weighted by atomic mass is 9.88. The number of hydrogen-bond donors (Lipinski definition) is 1.